The summed E-state index contributed by atoms with van der Waals surface area (Å²) in [6.45, 7) is 2.27. The molecule has 1 aliphatic rings. The summed E-state index contributed by atoms with van der Waals surface area (Å²) in [6.07, 6.45) is 6.53. The predicted octanol–water partition coefficient (Wildman–Crippen LogP) is 3.01. The second-order valence-corrected chi connectivity index (χ2v) is 5.69. The van der Waals surface area contributed by atoms with Crippen molar-refractivity contribution in [2.45, 2.75) is 28.8 Å². The van der Waals surface area contributed by atoms with E-state index in [4.69, 9.17) is 39.5 Å². The van der Waals surface area contributed by atoms with Gasteiger partial charge in [0.1, 0.15) is 11.7 Å². The van der Waals surface area contributed by atoms with Gasteiger partial charge < -0.3 is 9.84 Å². The minimum atomic E-state index is -1.76. The molecule has 0 saturated carbocycles. The molecule has 1 N–H and O–H groups in total. The zero-order chi connectivity index (χ0) is 11.5. The smallest absolute Gasteiger partial charge is 0.219 e. The number of aliphatic hydroxyl groups excluding tert-OH is 1. The molecule has 1 aliphatic carbocycles. The first-order valence-corrected chi connectivity index (χ1v) is 5.79. The summed E-state index contributed by atoms with van der Waals surface area (Å²) in [6, 6.07) is 0. The molecule has 0 spiro atoms. The van der Waals surface area contributed by atoms with E-state index in [1.807, 2.05) is 19.1 Å². The van der Waals surface area contributed by atoms with E-state index in [1.54, 1.807) is 12.2 Å². The first-order chi connectivity index (χ1) is 6.92. The zero-order valence-electron chi connectivity index (χ0n) is 8.29. The summed E-state index contributed by atoms with van der Waals surface area (Å²) in [5.41, 5.74) is -0.936. The Morgan fingerprint density at radius 2 is 2.13 bits per heavy atom. The molecule has 0 fully saturated rings. The average Bonchev–Trinajstić information content (AvgIpc) is 2.17. The van der Waals surface area contributed by atoms with Crippen LogP contribution in [0.3, 0.4) is 0 Å². The highest BCUT2D eigenvalue weighted by Gasteiger charge is 2.47. The van der Waals surface area contributed by atoms with Crippen LogP contribution in [0.15, 0.2) is 24.3 Å². The molecule has 0 heterocycles. The van der Waals surface area contributed by atoms with E-state index in [0.717, 1.165) is 0 Å². The van der Waals surface area contributed by atoms with Gasteiger partial charge in [0.05, 0.1) is 0 Å². The molecule has 0 aromatic rings. The summed E-state index contributed by atoms with van der Waals surface area (Å²) < 4.78 is 3.76. The molecule has 86 valence electrons. The third-order valence-electron chi connectivity index (χ3n) is 2.25. The first kappa shape index (κ1) is 13.3. The van der Waals surface area contributed by atoms with Crippen molar-refractivity contribution in [3.05, 3.63) is 24.3 Å². The molecule has 0 radical (unpaired) electrons. The number of ether oxygens (including phenoxy) is 1. The van der Waals surface area contributed by atoms with Gasteiger partial charge in [-0.15, -0.1) is 0 Å². The van der Waals surface area contributed by atoms with Crippen LogP contribution in [-0.2, 0) is 4.74 Å². The second-order valence-electron chi connectivity index (χ2n) is 3.32. The Bertz CT molecular complexity index is 270. The average molecular weight is 272 g/mol. The number of aliphatic hydroxyl groups is 1. The SMILES string of the molecule is CCOC1(C(O)C(Cl)(Cl)Cl)C=CC=CC1. The largest absolute Gasteiger partial charge is 0.385 e. The van der Waals surface area contributed by atoms with Crippen molar-refractivity contribution in [3.63, 3.8) is 0 Å². The Morgan fingerprint density at radius 3 is 2.53 bits per heavy atom. The summed E-state index contributed by atoms with van der Waals surface area (Å²) in [4.78, 5) is 0. The predicted molar refractivity (Wildman–Crippen MR) is 63.6 cm³/mol. The monoisotopic (exact) mass is 270 g/mol. The molecule has 0 bridgehead atoms. The van der Waals surface area contributed by atoms with Gasteiger partial charge in [0.15, 0.2) is 0 Å². The highest BCUT2D eigenvalue weighted by molar-refractivity contribution is 6.68. The van der Waals surface area contributed by atoms with Gasteiger partial charge in [0.25, 0.3) is 0 Å². The lowest BCUT2D eigenvalue weighted by atomic mass is 9.89. The van der Waals surface area contributed by atoms with Crippen molar-refractivity contribution < 1.29 is 9.84 Å². The fourth-order valence-corrected chi connectivity index (χ4v) is 2.11. The highest BCUT2D eigenvalue weighted by Crippen LogP contribution is 2.40. The van der Waals surface area contributed by atoms with Crippen molar-refractivity contribution in [1.82, 2.24) is 0 Å². The van der Waals surface area contributed by atoms with E-state index in [9.17, 15) is 5.11 Å². The van der Waals surface area contributed by atoms with Gasteiger partial charge in [-0.3, -0.25) is 0 Å². The lowest BCUT2D eigenvalue weighted by molar-refractivity contribution is -0.0849. The molecule has 0 aromatic heterocycles. The minimum Gasteiger partial charge on any atom is -0.385 e. The van der Waals surface area contributed by atoms with Gasteiger partial charge >= 0.3 is 0 Å². The van der Waals surface area contributed by atoms with Crippen LogP contribution in [0.25, 0.3) is 0 Å². The van der Waals surface area contributed by atoms with Crippen LogP contribution in [0.4, 0.5) is 0 Å². The lowest BCUT2D eigenvalue weighted by Crippen LogP contribution is -2.50. The van der Waals surface area contributed by atoms with Crippen LogP contribution in [0.2, 0.25) is 0 Å². The van der Waals surface area contributed by atoms with Crippen LogP contribution < -0.4 is 0 Å². The third-order valence-corrected chi connectivity index (χ3v) is 2.87. The maximum Gasteiger partial charge on any atom is 0.219 e. The summed E-state index contributed by atoms with van der Waals surface area (Å²) >= 11 is 17.1. The molecule has 2 nitrogen and oxygen atoms in total. The quantitative estimate of drug-likeness (QED) is 0.800. The van der Waals surface area contributed by atoms with Crippen molar-refractivity contribution in [3.8, 4) is 0 Å². The van der Waals surface area contributed by atoms with Crippen molar-refractivity contribution in [2.75, 3.05) is 6.61 Å². The molecule has 0 aliphatic heterocycles. The van der Waals surface area contributed by atoms with Crippen molar-refractivity contribution >= 4 is 34.8 Å². The highest BCUT2D eigenvalue weighted by atomic mass is 35.6. The first-order valence-electron chi connectivity index (χ1n) is 4.65. The Balaban J connectivity index is 2.91. The third kappa shape index (κ3) is 3.11. The van der Waals surface area contributed by atoms with Gasteiger partial charge in [-0.05, 0) is 13.0 Å². The van der Waals surface area contributed by atoms with E-state index >= 15 is 0 Å². The number of alkyl halides is 3. The summed E-state index contributed by atoms with van der Waals surface area (Å²) in [5, 5.41) is 9.99. The van der Waals surface area contributed by atoms with Gasteiger partial charge in [0.2, 0.25) is 3.79 Å². The van der Waals surface area contributed by atoms with E-state index < -0.39 is 15.5 Å². The van der Waals surface area contributed by atoms with E-state index in [1.165, 1.54) is 0 Å². The van der Waals surface area contributed by atoms with Gasteiger partial charge in [-0.1, -0.05) is 53.0 Å². The van der Waals surface area contributed by atoms with Crippen LogP contribution >= 0.6 is 34.8 Å². The van der Waals surface area contributed by atoms with E-state index in [0.29, 0.717) is 13.0 Å². The minimum absolute atomic E-state index is 0.440. The molecule has 15 heavy (non-hydrogen) atoms. The van der Waals surface area contributed by atoms with Gasteiger partial charge in [0, 0.05) is 13.0 Å². The van der Waals surface area contributed by atoms with Crippen molar-refractivity contribution in [1.29, 1.82) is 0 Å². The molecule has 1 rings (SSSR count). The number of hydrogen-bond donors (Lipinski definition) is 1. The second kappa shape index (κ2) is 5.07. The van der Waals surface area contributed by atoms with Gasteiger partial charge in [-0.25, -0.2) is 0 Å². The van der Waals surface area contributed by atoms with Crippen LogP contribution in [0, 0.1) is 0 Å². The summed E-state index contributed by atoms with van der Waals surface area (Å²) in [7, 11) is 0. The van der Waals surface area contributed by atoms with Crippen LogP contribution in [0.1, 0.15) is 13.3 Å². The molecule has 2 atom stereocenters. The number of rotatable bonds is 3. The Hall–Kier alpha value is 0.270. The number of hydrogen-bond acceptors (Lipinski definition) is 2. The standard InChI is InChI=1S/C10H13Cl3O2/c1-2-15-9(6-4-3-5-7-9)8(14)10(11,12)13/h3-6,8,14H,2,7H2,1H3. The Kier molecular flexibility index (Phi) is 4.50. The topological polar surface area (TPSA) is 29.5 Å². The molecule has 0 saturated heterocycles. The Labute approximate surface area is 104 Å². The summed E-state index contributed by atoms with van der Waals surface area (Å²) in [5.74, 6) is 0. The van der Waals surface area contributed by atoms with E-state index in [-0.39, 0.29) is 0 Å². The molecule has 0 amide bonds. The normalized spacial score (nSPS) is 28.1. The molecule has 0 aromatic carbocycles. The molecular formula is C10H13Cl3O2. The van der Waals surface area contributed by atoms with E-state index in [2.05, 4.69) is 0 Å². The lowest BCUT2D eigenvalue weighted by Gasteiger charge is -2.38. The van der Waals surface area contributed by atoms with Gasteiger partial charge in [-0.2, -0.15) is 0 Å². The number of allylic oxidation sites excluding steroid dienone is 2. The zero-order valence-corrected chi connectivity index (χ0v) is 10.6. The fourth-order valence-electron chi connectivity index (χ4n) is 1.55. The van der Waals surface area contributed by atoms with Crippen LogP contribution in [0.5, 0.6) is 0 Å². The fraction of sp³-hybridized carbons (Fsp3) is 0.600. The molecule has 2 unspecified atom stereocenters. The number of halogens is 3. The maximum absolute atomic E-state index is 9.99. The van der Waals surface area contributed by atoms with Crippen LogP contribution in [-0.4, -0.2) is 27.2 Å². The maximum atomic E-state index is 9.99. The molecule has 5 heteroatoms. The van der Waals surface area contributed by atoms with Crippen molar-refractivity contribution in [2.24, 2.45) is 0 Å². The Morgan fingerprint density at radius 1 is 1.47 bits per heavy atom. The molecular weight excluding hydrogens is 258 g/mol.